The highest BCUT2D eigenvalue weighted by atomic mass is 35.5. The average Bonchev–Trinajstić information content (AvgIpc) is 2.37. The molecule has 0 radical (unpaired) electrons. The van der Waals surface area contributed by atoms with E-state index in [2.05, 4.69) is 11.8 Å². The highest BCUT2D eigenvalue weighted by Gasteiger charge is 1.94. The lowest BCUT2D eigenvalue weighted by Gasteiger charge is -1.81. The topological polar surface area (TPSA) is 20.2 Å². The van der Waals surface area contributed by atoms with Gasteiger partial charge in [-0.1, -0.05) is 23.4 Å². The minimum absolute atomic E-state index is 0.107. The van der Waals surface area contributed by atoms with Crippen LogP contribution < -0.4 is 0 Å². The molecule has 0 amide bonds. The highest BCUT2D eigenvalue weighted by Crippen LogP contribution is 2.20. The van der Waals surface area contributed by atoms with Crippen LogP contribution in [0.4, 0.5) is 0 Å². The molecular weight excluding hydrogens is 180 g/mol. The normalized spacial score (nSPS) is 8.91. The fourth-order valence-corrected chi connectivity index (χ4v) is 1.55. The Hall–Kier alpha value is -0.490. The monoisotopic (exact) mass is 186 g/mol. The van der Waals surface area contributed by atoms with Crippen molar-refractivity contribution >= 4 is 22.9 Å². The van der Waals surface area contributed by atoms with E-state index in [1.54, 1.807) is 0 Å². The molecule has 0 aromatic carbocycles. The third-order valence-electron chi connectivity index (χ3n) is 1.06. The Bertz CT molecular complexity index is 282. The van der Waals surface area contributed by atoms with Crippen LogP contribution in [0, 0.1) is 11.8 Å². The van der Waals surface area contributed by atoms with Gasteiger partial charge < -0.3 is 5.11 Å². The van der Waals surface area contributed by atoms with E-state index in [0.717, 1.165) is 4.88 Å². The van der Waals surface area contributed by atoms with Gasteiger partial charge in [0, 0.05) is 6.42 Å². The molecular formula is C8H7ClOS. The lowest BCUT2D eigenvalue weighted by Crippen LogP contribution is -1.75. The van der Waals surface area contributed by atoms with E-state index in [-0.39, 0.29) is 6.61 Å². The van der Waals surface area contributed by atoms with Crippen molar-refractivity contribution in [3.05, 3.63) is 21.3 Å². The van der Waals surface area contributed by atoms with Crippen LogP contribution in [0.15, 0.2) is 11.4 Å². The van der Waals surface area contributed by atoms with Crippen LogP contribution in [0.2, 0.25) is 5.02 Å². The number of aliphatic hydroxyl groups excluding tert-OH is 1. The number of hydrogen-bond acceptors (Lipinski definition) is 2. The molecule has 1 N–H and O–H groups in total. The molecule has 1 nitrogen and oxygen atoms in total. The zero-order chi connectivity index (χ0) is 8.10. The van der Waals surface area contributed by atoms with Crippen molar-refractivity contribution in [3.63, 3.8) is 0 Å². The van der Waals surface area contributed by atoms with Gasteiger partial charge in [0.1, 0.15) is 0 Å². The van der Waals surface area contributed by atoms with Crippen molar-refractivity contribution in [2.75, 3.05) is 6.61 Å². The first-order chi connectivity index (χ1) is 5.34. The van der Waals surface area contributed by atoms with Crippen molar-refractivity contribution in [1.29, 1.82) is 0 Å². The van der Waals surface area contributed by atoms with Crippen LogP contribution in [0.25, 0.3) is 0 Å². The summed E-state index contributed by atoms with van der Waals surface area (Å²) >= 11 is 7.28. The Balaban J connectivity index is 2.65. The van der Waals surface area contributed by atoms with Crippen LogP contribution in [0.1, 0.15) is 11.3 Å². The second-order valence-electron chi connectivity index (χ2n) is 1.87. The molecule has 0 aliphatic heterocycles. The first kappa shape index (κ1) is 8.61. The zero-order valence-corrected chi connectivity index (χ0v) is 7.37. The molecule has 1 aromatic rings. The summed E-state index contributed by atoms with van der Waals surface area (Å²) in [6.07, 6.45) is 0.508. The molecule has 58 valence electrons. The summed E-state index contributed by atoms with van der Waals surface area (Å²) in [5.74, 6) is 5.67. The number of aliphatic hydroxyl groups is 1. The average molecular weight is 187 g/mol. The Labute approximate surface area is 74.6 Å². The van der Waals surface area contributed by atoms with Crippen molar-refractivity contribution in [2.45, 2.75) is 6.42 Å². The quantitative estimate of drug-likeness (QED) is 0.667. The largest absolute Gasteiger partial charge is 0.395 e. The summed E-state index contributed by atoms with van der Waals surface area (Å²) in [5.41, 5.74) is 0. The molecule has 0 atom stereocenters. The minimum Gasteiger partial charge on any atom is -0.395 e. The van der Waals surface area contributed by atoms with E-state index >= 15 is 0 Å². The van der Waals surface area contributed by atoms with Crippen molar-refractivity contribution in [2.24, 2.45) is 0 Å². The molecule has 1 heterocycles. The molecule has 0 spiro atoms. The van der Waals surface area contributed by atoms with Gasteiger partial charge in [0.05, 0.1) is 16.5 Å². The summed E-state index contributed by atoms with van der Waals surface area (Å²) < 4.78 is 0. The summed E-state index contributed by atoms with van der Waals surface area (Å²) in [6, 6.07) is 1.81. The van der Waals surface area contributed by atoms with Crippen LogP contribution >= 0.6 is 22.9 Å². The summed E-state index contributed by atoms with van der Waals surface area (Å²) in [7, 11) is 0. The van der Waals surface area contributed by atoms with Gasteiger partial charge in [0.25, 0.3) is 0 Å². The zero-order valence-electron chi connectivity index (χ0n) is 5.80. The van der Waals surface area contributed by atoms with E-state index in [9.17, 15) is 0 Å². The van der Waals surface area contributed by atoms with Crippen LogP contribution in [-0.2, 0) is 0 Å². The lowest BCUT2D eigenvalue weighted by molar-refractivity contribution is 0.305. The van der Waals surface area contributed by atoms with Crippen LogP contribution in [-0.4, -0.2) is 11.7 Å². The minimum atomic E-state index is 0.107. The van der Waals surface area contributed by atoms with Crippen molar-refractivity contribution < 1.29 is 5.11 Å². The Morgan fingerprint density at radius 1 is 1.64 bits per heavy atom. The maximum Gasteiger partial charge on any atom is 0.0954 e. The number of thiophene rings is 1. The SMILES string of the molecule is OCCC#Cc1sccc1Cl. The maximum atomic E-state index is 8.43. The van der Waals surface area contributed by atoms with Gasteiger partial charge in [-0.15, -0.1) is 11.3 Å². The van der Waals surface area contributed by atoms with E-state index in [1.807, 2.05) is 11.4 Å². The van der Waals surface area contributed by atoms with Crippen LogP contribution in [0.5, 0.6) is 0 Å². The predicted molar refractivity (Wildman–Crippen MR) is 47.9 cm³/mol. The smallest absolute Gasteiger partial charge is 0.0954 e. The third kappa shape index (κ3) is 2.55. The van der Waals surface area contributed by atoms with E-state index < -0.39 is 0 Å². The van der Waals surface area contributed by atoms with Crippen molar-refractivity contribution in [3.8, 4) is 11.8 Å². The van der Waals surface area contributed by atoms with Gasteiger partial charge in [-0.2, -0.15) is 0 Å². The molecule has 0 saturated carbocycles. The van der Waals surface area contributed by atoms with Crippen LogP contribution in [0.3, 0.4) is 0 Å². The van der Waals surface area contributed by atoms with E-state index in [4.69, 9.17) is 16.7 Å². The number of rotatable bonds is 1. The molecule has 3 heteroatoms. The molecule has 0 aliphatic carbocycles. The molecule has 0 saturated heterocycles. The Morgan fingerprint density at radius 3 is 3.00 bits per heavy atom. The molecule has 0 aliphatic rings. The summed E-state index contributed by atoms with van der Waals surface area (Å²) in [4.78, 5) is 0.875. The fraction of sp³-hybridized carbons (Fsp3) is 0.250. The lowest BCUT2D eigenvalue weighted by atomic mass is 10.4. The number of hydrogen-bond donors (Lipinski definition) is 1. The van der Waals surface area contributed by atoms with Gasteiger partial charge in [0.15, 0.2) is 0 Å². The first-order valence-corrected chi connectivity index (χ1v) is 4.43. The molecule has 0 fully saturated rings. The summed E-state index contributed by atoms with van der Waals surface area (Å²) in [6.45, 7) is 0.107. The standard InChI is InChI=1S/C8H7ClOS/c9-7-4-6-11-8(7)3-1-2-5-10/h4,6,10H,2,5H2. The van der Waals surface area contributed by atoms with Gasteiger partial charge >= 0.3 is 0 Å². The van der Waals surface area contributed by atoms with Gasteiger partial charge in [-0.05, 0) is 11.4 Å². The molecule has 1 rings (SSSR count). The highest BCUT2D eigenvalue weighted by molar-refractivity contribution is 7.11. The van der Waals surface area contributed by atoms with E-state index in [0.29, 0.717) is 11.4 Å². The van der Waals surface area contributed by atoms with E-state index in [1.165, 1.54) is 11.3 Å². The second-order valence-corrected chi connectivity index (χ2v) is 3.20. The molecule has 1 aromatic heterocycles. The second kappa shape index (κ2) is 4.40. The molecule has 0 bridgehead atoms. The van der Waals surface area contributed by atoms with Gasteiger partial charge in [-0.25, -0.2) is 0 Å². The Morgan fingerprint density at radius 2 is 2.45 bits per heavy atom. The maximum absolute atomic E-state index is 8.43. The Kier molecular flexibility index (Phi) is 3.44. The summed E-state index contributed by atoms with van der Waals surface area (Å²) in [5, 5.41) is 11.0. The predicted octanol–water partition coefficient (Wildman–Crippen LogP) is 2.14. The third-order valence-corrected chi connectivity index (χ3v) is 2.31. The molecule has 0 unspecified atom stereocenters. The van der Waals surface area contributed by atoms with Crippen molar-refractivity contribution in [1.82, 2.24) is 0 Å². The molecule has 11 heavy (non-hydrogen) atoms. The van der Waals surface area contributed by atoms with Gasteiger partial charge in [0.2, 0.25) is 0 Å². The fourth-order valence-electron chi connectivity index (χ4n) is 0.582. The number of halogens is 1. The first-order valence-electron chi connectivity index (χ1n) is 3.17. The van der Waals surface area contributed by atoms with Gasteiger partial charge in [-0.3, -0.25) is 0 Å².